The minimum absolute atomic E-state index is 0.180. The van der Waals surface area contributed by atoms with Crippen LogP contribution < -0.4 is 4.74 Å². The Hall–Kier alpha value is -1.58. The summed E-state index contributed by atoms with van der Waals surface area (Å²) in [4.78, 5) is 11.4. The van der Waals surface area contributed by atoms with Gasteiger partial charge in [0.2, 0.25) is 0 Å². The van der Waals surface area contributed by atoms with E-state index in [4.69, 9.17) is 4.74 Å². The maximum absolute atomic E-state index is 13.9. The number of carboxylic acid groups (broad SMARTS) is 1. The highest BCUT2D eigenvalue weighted by Crippen LogP contribution is 2.34. The Kier molecular flexibility index (Phi) is 4.40. The van der Waals surface area contributed by atoms with Crippen molar-refractivity contribution >= 4 is 5.97 Å². The third kappa shape index (κ3) is 3.25. The van der Waals surface area contributed by atoms with Crippen LogP contribution in [0.15, 0.2) is 18.2 Å². The number of rotatable bonds is 5. The van der Waals surface area contributed by atoms with E-state index in [0.29, 0.717) is 11.3 Å². The van der Waals surface area contributed by atoms with Crippen molar-refractivity contribution in [3.63, 3.8) is 0 Å². The van der Waals surface area contributed by atoms with Crippen molar-refractivity contribution in [3.8, 4) is 5.75 Å². The highest BCUT2D eigenvalue weighted by atomic mass is 19.1. The molecule has 1 atom stereocenters. The van der Waals surface area contributed by atoms with Gasteiger partial charge in [0.15, 0.2) is 0 Å². The third-order valence-corrected chi connectivity index (χ3v) is 3.99. The van der Waals surface area contributed by atoms with E-state index in [2.05, 4.69) is 0 Å². The normalized spacial score (nSPS) is 17.4. The van der Waals surface area contributed by atoms with Crippen molar-refractivity contribution in [3.05, 3.63) is 29.6 Å². The number of methoxy groups -OCH3 is 1. The molecule has 1 fully saturated rings. The van der Waals surface area contributed by atoms with Gasteiger partial charge in [0.1, 0.15) is 11.6 Å². The van der Waals surface area contributed by atoms with Crippen LogP contribution in [0, 0.1) is 17.7 Å². The molecule has 19 heavy (non-hydrogen) atoms. The second kappa shape index (κ2) is 6.04. The van der Waals surface area contributed by atoms with Crippen molar-refractivity contribution < 1.29 is 19.0 Å². The van der Waals surface area contributed by atoms with E-state index in [0.717, 1.165) is 25.7 Å². The van der Waals surface area contributed by atoms with Gasteiger partial charge >= 0.3 is 5.97 Å². The fourth-order valence-corrected chi connectivity index (χ4v) is 2.87. The molecule has 1 saturated carbocycles. The van der Waals surface area contributed by atoms with Crippen molar-refractivity contribution in [1.82, 2.24) is 0 Å². The predicted molar refractivity (Wildman–Crippen MR) is 69.7 cm³/mol. The molecule has 1 unspecified atom stereocenters. The molecule has 0 aliphatic heterocycles. The smallest absolute Gasteiger partial charge is 0.307 e. The first-order valence-corrected chi connectivity index (χ1v) is 6.67. The van der Waals surface area contributed by atoms with Crippen LogP contribution in [-0.4, -0.2) is 18.2 Å². The van der Waals surface area contributed by atoms with Crippen molar-refractivity contribution in [2.24, 2.45) is 11.8 Å². The maximum atomic E-state index is 13.9. The lowest BCUT2D eigenvalue weighted by Gasteiger charge is -2.19. The zero-order valence-corrected chi connectivity index (χ0v) is 11.1. The van der Waals surface area contributed by atoms with Gasteiger partial charge in [-0.3, -0.25) is 4.79 Å². The van der Waals surface area contributed by atoms with Gasteiger partial charge in [-0.25, -0.2) is 4.39 Å². The molecule has 0 bridgehead atoms. The van der Waals surface area contributed by atoms with Gasteiger partial charge < -0.3 is 9.84 Å². The van der Waals surface area contributed by atoms with Crippen molar-refractivity contribution in [2.45, 2.75) is 32.1 Å². The lowest BCUT2D eigenvalue weighted by Crippen LogP contribution is -2.24. The van der Waals surface area contributed by atoms with Crippen molar-refractivity contribution in [1.29, 1.82) is 0 Å². The second-order valence-corrected chi connectivity index (χ2v) is 5.15. The molecule has 0 heterocycles. The van der Waals surface area contributed by atoms with E-state index < -0.39 is 11.9 Å². The fourth-order valence-electron chi connectivity index (χ4n) is 2.87. The van der Waals surface area contributed by atoms with Gasteiger partial charge in [-0.05, 0) is 36.8 Å². The Morgan fingerprint density at radius 3 is 2.68 bits per heavy atom. The first-order valence-electron chi connectivity index (χ1n) is 6.67. The van der Waals surface area contributed by atoms with Crippen molar-refractivity contribution in [2.75, 3.05) is 7.11 Å². The standard InChI is InChI=1S/C15H19FO3/c1-19-12-7-6-11(14(16)9-12)8-13(15(17)18)10-4-2-3-5-10/h6-7,9-10,13H,2-5,8H2,1H3,(H,17,18). The van der Waals surface area contributed by atoms with Crippen LogP contribution in [-0.2, 0) is 11.2 Å². The number of ether oxygens (including phenoxy) is 1. The fraction of sp³-hybridized carbons (Fsp3) is 0.533. The summed E-state index contributed by atoms with van der Waals surface area (Å²) in [5, 5.41) is 9.34. The van der Waals surface area contributed by atoms with Gasteiger partial charge in [0.25, 0.3) is 0 Å². The Labute approximate surface area is 112 Å². The molecule has 0 radical (unpaired) electrons. The average Bonchev–Trinajstić information content (AvgIpc) is 2.90. The predicted octanol–water partition coefficient (Wildman–Crippen LogP) is 3.27. The maximum Gasteiger partial charge on any atom is 0.307 e. The van der Waals surface area contributed by atoms with Crippen LogP contribution in [0.3, 0.4) is 0 Å². The van der Waals surface area contributed by atoms with Crippen LogP contribution in [0.1, 0.15) is 31.2 Å². The molecule has 1 N–H and O–H groups in total. The first kappa shape index (κ1) is 13.8. The first-order chi connectivity index (χ1) is 9.11. The Balaban J connectivity index is 2.14. The van der Waals surface area contributed by atoms with Gasteiger partial charge in [-0.15, -0.1) is 0 Å². The number of hydrogen-bond donors (Lipinski definition) is 1. The summed E-state index contributed by atoms with van der Waals surface area (Å²) in [7, 11) is 1.48. The van der Waals surface area contributed by atoms with Crippen LogP contribution in [0.25, 0.3) is 0 Å². The molecule has 1 aromatic rings. The van der Waals surface area contributed by atoms with E-state index in [1.165, 1.54) is 13.2 Å². The van der Waals surface area contributed by atoms with E-state index in [-0.39, 0.29) is 18.2 Å². The summed E-state index contributed by atoms with van der Waals surface area (Å²) in [6.45, 7) is 0. The molecule has 0 aromatic heterocycles. The highest BCUT2D eigenvalue weighted by molar-refractivity contribution is 5.71. The molecule has 104 valence electrons. The lowest BCUT2D eigenvalue weighted by molar-refractivity contribution is -0.143. The van der Waals surface area contributed by atoms with Gasteiger partial charge in [-0.1, -0.05) is 18.9 Å². The number of benzene rings is 1. The topological polar surface area (TPSA) is 46.5 Å². The zero-order valence-electron chi connectivity index (χ0n) is 11.1. The lowest BCUT2D eigenvalue weighted by atomic mass is 9.85. The SMILES string of the molecule is COc1ccc(CC(C(=O)O)C2CCCC2)c(F)c1. The summed E-state index contributed by atoms with van der Waals surface area (Å²) in [6, 6.07) is 4.61. The van der Waals surface area contributed by atoms with Gasteiger partial charge in [-0.2, -0.15) is 0 Å². The molecule has 0 saturated heterocycles. The Morgan fingerprint density at radius 2 is 2.16 bits per heavy atom. The molecule has 0 spiro atoms. The molecular weight excluding hydrogens is 247 g/mol. The highest BCUT2D eigenvalue weighted by Gasteiger charge is 2.31. The zero-order chi connectivity index (χ0) is 13.8. The molecule has 1 aromatic carbocycles. The Bertz CT molecular complexity index is 453. The molecule has 2 rings (SSSR count). The van der Waals surface area contributed by atoms with Gasteiger partial charge in [0.05, 0.1) is 13.0 Å². The molecular formula is C15H19FO3. The molecule has 1 aliphatic carbocycles. The number of hydrogen-bond acceptors (Lipinski definition) is 2. The Morgan fingerprint density at radius 1 is 1.47 bits per heavy atom. The minimum Gasteiger partial charge on any atom is -0.497 e. The second-order valence-electron chi connectivity index (χ2n) is 5.15. The van der Waals surface area contributed by atoms with Crippen LogP contribution >= 0.6 is 0 Å². The van der Waals surface area contributed by atoms with E-state index >= 15 is 0 Å². The quantitative estimate of drug-likeness (QED) is 0.889. The summed E-state index contributed by atoms with van der Waals surface area (Å²) in [5.74, 6) is -1.05. The summed E-state index contributed by atoms with van der Waals surface area (Å²) >= 11 is 0. The molecule has 1 aliphatic rings. The van der Waals surface area contributed by atoms with Crippen LogP contribution in [0.4, 0.5) is 4.39 Å². The van der Waals surface area contributed by atoms with Gasteiger partial charge in [0, 0.05) is 6.07 Å². The summed E-state index contributed by atoms with van der Waals surface area (Å²) in [5.41, 5.74) is 0.458. The number of carboxylic acids is 1. The number of carbonyl (C=O) groups is 1. The molecule has 0 amide bonds. The largest absolute Gasteiger partial charge is 0.497 e. The third-order valence-electron chi connectivity index (χ3n) is 3.99. The molecule has 3 nitrogen and oxygen atoms in total. The van der Waals surface area contributed by atoms with E-state index in [1.807, 2.05) is 0 Å². The average molecular weight is 266 g/mol. The van der Waals surface area contributed by atoms with Crippen LogP contribution in [0.5, 0.6) is 5.75 Å². The summed E-state index contributed by atoms with van der Waals surface area (Å²) < 4.78 is 18.8. The monoisotopic (exact) mass is 266 g/mol. The minimum atomic E-state index is -0.817. The number of aliphatic carboxylic acids is 1. The molecule has 4 heteroatoms. The van der Waals surface area contributed by atoms with Crippen LogP contribution in [0.2, 0.25) is 0 Å². The van der Waals surface area contributed by atoms with E-state index in [9.17, 15) is 14.3 Å². The summed E-state index contributed by atoms with van der Waals surface area (Å²) in [6.07, 6.45) is 4.30. The number of halogens is 1. The van der Waals surface area contributed by atoms with E-state index in [1.54, 1.807) is 12.1 Å².